The van der Waals surface area contributed by atoms with Gasteiger partial charge in [0.25, 0.3) is 0 Å². The van der Waals surface area contributed by atoms with Gasteiger partial charge in [-0.1, -0.05) is 0 Å². The molecule has 128 valence electrons. The van der Waals surface area contributed by atoms with Gasteiger partial charge in [-0.2, -0.15) is 11.3 Å². The first-order valence-electron chi connectivity index (χ1n) is 8.21. The number of nitrogens with zero attached hydrogens (tertiary/aromatic N) is 1. The van der Waals surface area contributed by atoms with E-state index in [1.165, 1.54) is 12.1 Å². The maximum atomic E-state index is 14.0. The third-order valence-electron chi connectivity index (χ3n) is 4.51. The van der Waals surface area contributed by atoms with Gasteiger partial charge in [-0.05, 0) is 43.0 Å². The van der Waals surface area contributed by atoms with E-state index in [0.717, 1.165) is 41.8 Å². The molecule has 0 bridgehead atoms. The third kappa shape index (κ3) is 3.32. The molecule has 2 aliphatic heterocycles. The number of hydrogen-bond donors (Lipinski definition) is 1. The minimum atomic E-state index is -0.445. The van der Waals surface area contributed by atoms with Crippen LogP contribution >= 0.6 is 11.3 Å². The van der Waals surface area contributed by atoms with Crippen molar-refractivity contribution in [3.05, 3.63) is 51.5 Å². The summed E-state index contributed by atoms with van der Waals surface area (Å²) in [5.41, 5.74) is 2.55. The maximum absolute atomic E-state index is 14.0. The van der Waals surface area contributed by atoms with Crippen LogP contribution in [0.4, 0.5) is 4.39 Å². The smallest absolute Gasteiger partial charge is 0.227 e. The summed E-state index contributed by atoms with van der Waals surface area (Å²) in [6.45, 7) is 2.44. The number of piperidine rings is 1. The standard InChI is InChI=1S/C18H20FNO3S/c19-15-6-13(8-20-4-1-2-16(21)9-20)17-14(7-15)10-22-18(23-17)12-3-5-24-11-12/h3,5-7,11,16,18,21H,1-2,4,8-10H2. The zero-order valence-electron chi connectivity index (χ0n) is 13.3. The summed E-state index contributed by atoms with van der Waals surface area (Å²) in [5, 5.41) is 13.8. The topological polar surface area (TPSA) is 41.9 Å². The molecule has 2 aromatic rings. The zero-order chi connectivity index (χ0) is 16.5. The number of aliphatic hydroxyl groups excluding tert-OH is 1. The van der Waals surface area contributed by atoms with Crippen LogP contribution in [-0.2, 0) is 17.9 Å². The van der Waals surface area contributed by atoms with E-state index in [1.54, 1.807) is 11.3 Å². The lowest BCUT2D eigenvalue weighted by Gasteiger charge is -2.32. The molecule has 0 radical (unpaired) electrons. The third-order valence-corrected chi connectivity index (χ3v) is 5.21. The lowest BCUT2D eigenvalue weighted by Crippen LogP contribution is -2.37. The minimum Gasteiger partial charge on any atom is -0.460 e. The van der Waals surface area contributed by atoms with Crippen molar-refractivity contribution in [1.29, 1.82) is 0 Å². The molecule has 1 aromatic heterocycles. The molecule has 1 aromatic carbocycles. The molecule has 6 heteroatoms. The van der Waals surface area contributed by atoms with E-state index >= 15 is 0 Å². The van der Waals surface area contributed by atoms with Gasteiger partial charge < -0.3 is 14.6 Å². The van der Waals surface area contributed by atoms with Crippen LogP contribution in [-0.4, -0.2) is 29.2 Å². The van der Waals surface area contributed by atoms with Crippen molar-refractivity contribution >= 4 is 11.3 Å². The number of benzene rings is 1. The van der Waals surface area contributed by atoms with Gasteiger partial charge in [-0.3, -0.25) is 4.90 Å². The van der Waals surface area contributed by atoms with Crippen LogP contribution in [0.3, 0.4) is 0 Å². The summed E-state index contributed by atoms with van der Waals surface area (Å²) in [5.74, 6) is 0.446. The van der Waals surface area contributed by atoms with Gasteiger partial charge in [0.15, 0.2) is 0 Å². The molecule has 4 rings (SSSR count). The van der Waals surface area contributed by atoms with Crippen LogP contribution in [0.25, 0.3) is 0 Å². The summed E-state index contributed by atoms with van der Waals surface area (Å²) >= 11 is 1.59. The fraction of sp³-hybridized carbons (Fsp3) is 0.444. The fourth-order valence-corrected chi connectivity index (χ4v) is 4.04. The van der Waals surface area contributed by atoms with Crippen molar-refractivity contribution in [2.24, 2.45) is 0 Å². The fourth-order valence-electron chi connectivity index (χ4n) is 3.38. The molecular weight excluding hydrogens is 329 g/mol. The Morgan fingerprint density at radius 2 is 2.29 bits per heavy atom. The van der Waals surface area contributed by atoms with Gasteiger partial charge in [-0.25, -0.2) is 4.39 Å². The Kier molecular flexibility index (Phi) is 4.54. The van der Waals surface area contributed by atoms with Gasteiger partial charge in [0.2, 0.25) is 6.29 Å². The van der Waals surface area contributed by atoms with E-state index in [0.29, 0.717) is 19.7 Å². The number of likely N-dealkylation sites (tertiary alicyclic amines) is 1. The highest BCUT2D eigenvalue weighted by molar-refractivity contribution is 7.07. The van der Waals surface area contributed by atoms with E-state index in [2.05, 4.69) is 4.90 Å². The molecule has 0 saturated carbocycles. The van der Waals surface area contributed by atoms with Crippen LogP contribution in [0.5, 0.6) is 5.75 Å². The average Bonchev–Trinajstić information content (AvgIpc) is 3.09. The predicted molar refractivity (Wildman–Crippen MR) is 89.4 cm³/mol. The van der Waals surface area contributed by atoms with Crippen molar-refractivity contribution in [2.75, 3.05) is 13.1 Å². The summed E-state index contributed by atoms with van der Waals surface area (Å²) in [7, 11) is 0. The first kappa shape index (κ1) is 16.0. The second kappa shape index (κ2) is 6.80. The van der Waals surface area contributed by atoms with Gasteiger partial charge in [0.05, 0.1) is 12.7 Å². The number of rotatable bonds is 3. The Morgan fingerprint density at radius 3 is 3.08 bits per heavy atom. The number of β-amino-alcohol motifs (C(OH)–C–C–N with tert-alkyl or cyclic N) is 1. The largest absolute Gasteiger partial charge is 0.460 e. The second-order valence-corrected chi connectivity index (χ2v) is 7.18. The van der Waals surface area contributed by atoms with Crippen LogP contribution in [0.15, 0.2) is 29.0 Å². The summed E-state index contributed by atoms with van der Waals surface area (Å²) < 4.78 is 25.8. The lowest BCUT2D eigenvalue weighted by atomic mass is 10.0. The number of ether oxygens (including phenoxy) is 2. The minimum absolute atomic E-state index is 0.275. The van der Waals surface area contributed by atoms with E-state index < -0.39 is 6.29 Å². The molecule has 0 aliphatic carbocycles. The lowest BCUT2D eigenvalue weighted by molar-refractivity contribution is -0.112. The van der Waals surface area contributed by atoms with Crippen LogP contribution < -0.4 is 4.74 Å². The van der Waals surface area contributed by atoms with Crippen molar-refractivity contribution < 1.29 is 19.0 Å². The predicted octanol–water partition coefficient (Wildman–Crippen LogP) is 3.45. The summed E-state index contributed by atoms with van der Waals surface area (Å²) in [6, 6.07) is 4.99. The Balaban J connectivity index is 1.59. The molecule has 2 unspecified atom stereocenters. The van der Waals surface area contributed by atoms with Crippen molar-refractivity contribution in [3.8, 4) is 5.75 Å². The summed E-state index contributed by atoms with van der Waals surface area (Å²) in [4.78, 5) is 2.15. The molecule has 2 aliphatic rings. The average molecular weight is 349 g/mol. The molecule has 2 atom stereocenters. The van der Waals surface area contributed by atoms with Crippen molar-refractivity contribution in [3.63, 3.8) is 0 Å². The molecule has 3 heterocycles. The van der Waals surface area contributed by atoms with E-state index in [9.17, 15) is 9.50 Å². The highest BCUT2D eigenvalue weighted by Crippen LogP contribution is 2.37. The Hall–Kier alpha value is -1.47. The van der Waals surface area contributed by atoms with Crippen LogP contribution in [0, 0.1) is 5.82 Å². The van der Waals surface area contributed by atoms with Gasteiger partial charge in [0, 0.05) is 35.2 Å². The number of fused-ring (bicyclic) bond motifs is 1. The van der Waals surface area contributed by atoms with E-state index in [4.69, 9.17) is 9.47 Å². The molecule has 0 spiro atoms. The number of hydrogen-bond acceptors (Lipinski definition) is 5. The highest BCUT2D eigenvalue weighted by Gasteiger charge is 2.27. The number of aliphatic hydroxyl groups is 1. The monoisotopic (exact) mass is 349 g/mol. The van der Waals surface area contributed by atoms with E-state index in [-0.39, 0.29) is 11.9 Å². The molecule has 24 heavy (non-hydrogen) atoms. The van der Waals surface area contributed by atoms with Gasteiger partial charge in [-0.15, -0.1) is 0 Å². The quantitative estimate of drug-likeness (QED) is 0.922. The number of halogens is 1. The Labute approximate surface area is 144 Å². The molecule has 1 saturated heterocycles. The second-order valence-electron chi connectivity index (χ2n) is 6.40. The molecule has 0 amide bonds. The molecule has 4 nitrogen and oxygen atoms in total. The molecular formula is C18H20FNO3S. The number of thiophene rings is 1. The van der Waals surface area contributed by atoms with E-state index in [1.807, 2.05) is 16.8 Å². The SMILES string of the molecule is OC1CCCN(Cc2cc(F)cc3c2OC(c2ccsc2)OC3)C1. The van der Waals surface area contributed by atoms with Crippen LogP contribution in [0.1, 0.15) is 35.8 Å². The van der Waals surface area contributed by atoms with Crippen molar-refractivity contribution in [2.45, 2.75) is 38.4 Å². The normalized spacial score (nSPS) is 24.4. The first-order valence-corrected chi connectivity index (χ1v) is 9.15. The van der Waals surface area contributed by atoms with Gasteiger partial charge in [0.1, 0.15) is 11.6 Å². The summed E-state index contributed by atoms with van der Waals surface area (Å²) in [6.07, 6.45) is 1.05. The molecule has 1 N–H and O–H groups in total. The Morgan fingerprint density at radius 1 is 1.38 bits per heavy atom. The maximum Gasteiger partial charge on any atom is 0.227 e. The van der Waals surface area contributed by atoms with Crippen LogP contribution in [0.2, 0.25) is 0 Å². The first-order chi connectivity index (χ1) is 11.7. The highest BCUT2D eigenvalue weighted by atomic mass is 32.1. The zero-order valence-corrected chi connectivity index (χ0v) is 14.1. The molecule has 1 fully saturated rings. The van der Waals surface area contributed by atoms with Gasteiger partial charge >= 0.3 is 0 Å². The van der Waals surface area contributed by atoms with Crippen molar-refractivity contribution in [1.82, 2.24) is 4.90 Å². The Bertz CT molecular complexity index is 707.